The minimum atomic E-state index is 0. The van der Waals surface area contributed by atoms with Gasteiger partial charge >= 0.3 is 0 Å². The number of hydrogen-bond donors (Lipinski definition) is 2. The van der Waals surface area contributed by atoms with Gasteiger partial charge in [0.2, 0.25) is 0 Å². The summed E-state index contributed by atoms with van der Waals surface area (Å²) in [6, 6.07) is 8.08. The van der Waals surface area contributed by atoms with Crippen LogP contribution in [0.4, 0.5) is 0 Å². The van der Waals surface area contributed by atoms with Crippen LogP contribution in [0, 0.1) is 13.8 Å². The number of aliphatic imine (C=N–C) groups is 1. The van der Waals surface area contributed by atoms with Crippen LogP contribution in [0.5, 0.6) is 0 Å². The fraction of sp³-hybridized carbons (Fsp3) is 0.294. The van der Waals surface area contributed by atoms with Crippen LogP contribution in [-0.4, -0.2) is 18.0 Å². The molecule has 3 aromatic rings. The Morgan fingerprint density at radius 3 is 2.62 bits per heavy atom. The molecular formula is C17H21IN4OS. The van der Waals surface area contributed by atoms with Crippen LogP contribution in [0.3, 0.4) is 0 Å². The molecule has 128 valence electrons. The zero-order valence-electron chi connectivity index (χ0n) is 13.9. The number of hydrogen-bond acceptors (Lipinski definition) is 4. The van der Waals surface area contributed by atoms with Gasteiger partial charge in [-0.1, -0.05) is 18.2 Å². The number of aryl methyl sites for hydroxylation is 2. The van der Waals surface area contributed by atoms with Crippen LogP contribution in [0.2, 0.25) is 0 Å². The van der Waals surface area contributed by atoms with Crippen LogP contribution in [0.25, 0.3) is 11.0 Å². The van der Waals surface area contributed by atoms with Crippen molar-refractivity contribution in [2.75, 3.05) is 7.05 Å². The number of furan rings is 1. The van der Waals surface area contributed by atoms with Gasteiger partial charge in [-0.25, -0.2) is 4.98 Å². The fourth-order valence-electron chi connectivity index (χ4n) is 2.42. The first-order valence-corrected chi connectivity index (χ1v) is 8.38. The number of fused-ring (bicyclic) bond motifs is 1. The molecule has 3 rings (SSSR count). The maximum atomic E-state index is 5.90. The zero-order chi connectivity index (χ0) is 16.2. The van der Waals surface area contributed by atoms with Crippen LogP contribution in [-0.2, 0) is 13.1 Å². The summed E-state index contributed by atoms with van der Waals surface area (Å²) in [5, 5.41) is 10.8. The number of halogens is 1. The lowest BCUT2D eigenvalue weighted by Crippen LogP contribution is -2.36. The highest BCUT2D eigenvalue weighted by atomic mass is 127. The Bertz CT molecular complexity index is 840. The van der Waals surface area contributed by atoms with Crippen molar-refractivity contribution in [2.24, 2.45) is 4.99 Å². The molecule has 0 aliphatic heterocycles. The molecule has 7 heteroatoms. The molecule has 0 fully saturated rings. The average Bonchev–Trinajstić information content (AvgIpc) is 3.12. The summed E-state index contributed by atoms with van der Waals surface area (Å²) in [6.07, 6.45) is 0. The maximum Gasteiger partial charge on any atom is 0.191 e. The molecule has 2 heterocycles. The quantitative estimate of drug-likeness (QED) is 0.354. The van der Waals surface area contributed by atoms with E-state index in [2.05, 4.69) is 33.6 Å². The van der Waals surface area contributed by atoms with E-state index in [1.807, 2.05) is 30.5 Å². The molecule has 5 nitrogen and oxygen atoms in total. The molecule has 0 bridgehead atoms. The summed E-state index contributed by atoms with van der Waals surface area (Å²) >= 11 is 1.65. The molecule has 0 saturated carbocycles. The predicted molar refractivity (Wildman–Crippen MR) is 110 cm³/mol. The smallest absolute Gasteiger partial charge is 0.191 e. The molecule has 0 aliphatic rings. The van der Waals surface area contributed by atoms with Crippen LogP contribution in [0.1, 0.15) is 22.0 Å². The van der Waals surface area contributed by atoms with Crippen molar-refractivity contribution in [2.45, 2.75) is 26.9 Å². The van der Waals surface area contributed by atoms with Crippen LogP contribution >= 0.6 is 35.3 Å². The van der Waals surface area contributed by atoms with E-state index in [-0.39, 0.29) is 24.0 Å². The van der Waals surface area contributed by atoms with E-state index in [9.17, 15) is 0 Å². The SMILES string of the molecule is CN=C(NCc1nc(C)cs1)NCc1oc2ccccc2c1C.I. The van der Waals surface area contributed by atoms with Gasteiger partial charge in [0.15, 0.2) is 5.96 Å². The predicted octanol–water partition coefficient (Wildman–Crippen LogP) is 3.99. The second kappa shape index (κ2) is 8.48. The molecule has 2 aromatic heterocycles. The van der Waals surface area contributed by atoms with Crippen molar-refractivity contribution in [1.82, 2.24) is 15.6 Å². The standard InChI is InChI=1S/C17H20N4OS.HI/c1-11-10-23-16(21-11)9-20-17(18-3)19-8-15-12(2)13-6-4-5-7-14(13)22-15;/h4-7,10H,8-9H2,1-3H3,(H2,18,19,20);1H. The summed E-state index contributed by atoms with van der Waals surface area (Å²) in [5.41, 5.74) is 3.13. The van der Waals surface area contributed by atoms with Gasteiger partial charge in [-0.05, 0) is 19.9 Å². The molecule has 24 heavy (non-hydrogen) atoms. The number of nitrogens with one attached hydrogen (secondary N) is 2. The normalized spacial score (nSPS) is 11.4. The fourth-order valence-corrected chi connectivity index (χ4v) is 3.13. The highest BCUT2D eigenvalue weighted by molar-refractivity contribution is 14.0. The molecule has 0 saturated heterocycles. The highest BCUT2D eigenvalue weighted by Crippen LogP contribution is 2.24. The summed E-state index contributed by atoms with van der Waals surface area (Å²) in [5.74, 6) is 1.66. The summed E-state index contributed by atoms with van der Waals surface area (Å²) in [7, 11) is 1.76. The molecule has 0 radical (unpaired) electrons. The Balaban J connectivity index is 0.00000208. The van der Waals surface area contributed by atoms with Gasteiger partial charge in [0.05, 0.1) is 13.1 Å². The van der Waals surface area contributed by atoms with E-state index >= 15 is 0 Å². The van der Waals surface area contributed by atoms with Gasteiger partial charge in [-0.15, -0.1) is 35.3 Å². The van der Waals surface area contributed by atoms with E-state index in [0.717, 1.165) is 33.4 Å². The molecule has 0 amide bonds. The number of nitrogens with zero attached hydrogens (tertiary/aromatic N) is 2. The summed E-state index contributed by atoms with van der Waals surface area (Å²) in [4.78, 5) is 8.67. The van der Waals surface area contributed by atoms with Crippen molar-refractivity contribution >= 4 is 52.2 Å². The first-order valence-electron chi connectivity index (χ1n) is 7.50. The van der Waals surface area contributed by atoms with Crippen molar-refractivity contribution in [1.29, 1.82) is 0 Å². The summed E-state index contributed by atoms with van der Waals surface area (Å²) < 4.78 is 5.90. The van der Waals surface area contributed by atoms with E-state index in [1.54, 1.807) is 18.4 Å². The van der Waals surface area contributed by atoms with Gasteiger partial charge in [0.1, 0.15) is 16.4 Å². The summed E-state index contributed by atoms with van der Waals surface area (Å²) in [6.45, 7) is 5.34. The average molecular weight is 456 g/mol. The molecule has 0 aliphatic carbocycles. The van der Waals surface area contributed by atoms with E-state index in [4.69, 9.17) is 4.42 Å². The van der Waals surface area contributed by atoms with Crippen LogP contribution in [0.15, 0.2) is 39.1 Å². The van der Waals surface area contributed by atoms with Gasteiger partial charge in [-0.3, -0.25) is 4.99 Å². The van der Waals surface area contributed by atoms with Gasteiger partial charge in [-0.2, -0.15) is 0 Å². The second-order valence-electron chi connectivity index (χ2n) is 5.31. The van der Waals surface area contributed by atoms with E-state index in [1.165, 1.54) is 5.56 Å². The monoisotopic (exact) mass is 456 g/mol. The Morgan fingerprint density at radius 1 is 1.21 bits per heavy atom. The number of thiazole rings is 1. The highest BCUT2D eigenvalue weighted by Gasteiger charge is 2.10. The molecule has 0 spiro atoms. The third kappa shape index (κ3) is 4.27. The number of guanidine groups is 1. The van der Waals surface area contributed by atoms with Gasteiger partial charge in [0, 0.05) is 29.1 Å². The Kier molecular flexibility index (Phi) is 6.61. The van der Waals surface area contributed by atoms with Crippen molar-refractivity contribution in [3.63, 3.8) is 0 Å². The first-order chi connectivity index (χ1) is 11.2. The van der Waals surface area contributed by atoms with E-state index < -0.39 is 0 Å². The van der Waals surface area contributed by atoms with Crippen LogP contribution < -0.4 is 10.6 Å². The number of rotatable bonds is 4. The number of para-hydroxylation sites is 1. The van der Waals surface area contributed by atoms with Crippen molar-refractivity contribution in [3.05, 3.63) is 51.7 Å². The number of benzene rings is 1. The Morgan fingerprint density at radius 2 is 1.96 bits per heavy atom. The van der Waals surface area contributed by atoms with Crippen molar-refractivity contribution in [3.8, 4) is 0 Å². The maximum absolute atomic E-state index is 5.90. The number of aromatic nitrogens is 1. The molecule has 2 N–H and O–H groups in total. The zero-order valence-corrected chi connectivity index (χ0v) is 17.1. The minimum absolute atomic E-state index is 0. The van der Waals surface area contributed by atoms with Crippen molar-refractivity contribution < 1.29 is 4.42 Å². The largest absolute Gasteiger partial charge is 0.459 e. The molecule has 0 unspecified atom stereocenters. The molecule has 1 aromatic carbocycles. The van der Waals surface area contributed by atoms with Gasteiger partial charge in [0.25, 0.3) is 0 Å². The molecule has 0 atom stereocenters. The Hall–Kier alpha value is -1.61. The first kappa shape index (κ1) is 18.7. The lowest BCUT2D eigenvalue weighted by Gasteiger charge is -2.10. The van der Waals surface area contributed by atoms with E-state index in [0.29, 0.717) is 13.1 Å². The lowest BCUT2D eigenvalue weighted by atomic mass is 10.1. The lowest BCUT2D eigenvalue weighted by molar-refractivity contribution is 0.534. The third-order valence-corrected chi connectivity index (χ3v) is 4.62. The van der Waals surface area contributed by atoms with Gasteiger partial charge < -0.3 is 15.1 Å². The minimum Gasteiger partial charge on any atom is -0.459 e. The topological polar surface area (TPSA) is 62.5 Å². The molecular weight excluding hydrogens is 435 g/mol. The third-order valence-electron chi connectivity index (χ3n) is 3.66. The Labute approximate surface area is 162 Å². The second-order valence-corrected chi connectivity index (χ2v) is 6.25.